The Labute approximate surface area is 123 Å². The van der Waals surface area contributed by atoms with Gasteiger partial charge in [0.05, 0.1) is 19.3 Å². The van der Waals surface area contributed by atoms with Crippen molar-refractivity contribution < 1.29 is 9.28 Å². The summed E-state index contributed by atoms with van der Waals surface area (Å²) in [4.78, 5) is 11.0. The molecule has 0 fully saturated rings. The fourth-order valence-electron chi connectivity index (χ4n) is 2.65. The van der Waals surface area contributed by atoms with Crippen molar-refractivity contribution in [3.05, 3.63) is 24.6 Å². The summed E-state index contributed by atoms with van der Waals surface area (Å²) in [7, 11) is 0. The highest BCUT2D eigenvalue weighted by atomic mass is 16.1. The number of nitrogens with zero attached hydrogens (tertiary/aromatic N) is 1. The average Bonchev–Trinajstić information content (AvgIpc) is 2.82. The van der Waals surface area contributed by atoms with Gasteiger partial charge in [-0.1, -0.05) is 31.9 Å². The molecule has 0 saturated carbocycles. The van der Waals surface area contributed by atoms with Crippen LogP contribution in [0.5, 0.6) is 0 Å². The quantitative estimate of drug-likeness (QED) is 0.387. The third kappa shape index (κ3) is 5.00. The van der Waals surface area contributed by atoms with Crippen LogP contribution >= 0.6 is 0 Å². The lowest BCUT2D eigenvalue weighted by Gasteiger charge is -2.36. The fraction of sp³-hybridized carbons (Fsp3) is 0.688. The van der Waals surface area contributed by atoms with Crippen molar-refractivity contribution in [3.8, 4) is 0 Å². The zero-order chi connectivity index (χ0) is 14.8. The van der Waals surface area contributed by atoms with E-state index in [9.17, 15) is 4.79 Å². The minimum absolute atomic E-state index is 0.0476. The second-order valence-corrected chi connectivity index (χ2v) is 5.47. The van der Waals surface area contributed by atoms with Gasteiger partial charge in [0.15, 0.2) is 6.17 Å². The van der Waals surface area contributed by atoms with E-state index in [1.807, 2.05) is 0 Å². The van der Waals surface area contributed by atoms with Gasteiger partial charge in [0.1, 0.15) is 12.7 Å². The molecule has 2 atom stereocenters. The molecule has 20 heavy (non-hydrogen) atoms. The molecule has 0 radical (unpaired) electrons. The molecular formula is C16H30N3O+. The van der Waals surface area contributed by atoms with Crippen LogP contribution in [0.2, 0.25) is 0 Å². The number of unbranched alkanes of at least 4 members (excludes halogenated alkanes) is 2. The molecule has 2 N–H and O–H groups in total. The van der Waals surface area contributed by atoms with E-state index in [1.54, 1.807) is 6.92 Å². The first-order valence-electron chi connectivity index (χ1n) is 7.84. The van der Waals surface area contributed by atoms with Crippen LogP contribution in [0.15, 0.2) is 24.6 Å². The summed E-state index contributed by atoms with van der Waals surface area (Å²) in [6.07, 6.45) is 14.0. The Morgan fingerprint density at radius 3 is 2.85 bits per heavy atom. The Kier molecular flexibility index (Phi) is 7.37. The Morgan fingerprint density at radius 1 is 1.40 bits per heavy atom. The summed E-state index contributed by atoms with van der Waals surface area (Å²) in [6, 6.07) is 0. The maximum Gasteiger partial charge on any atom is 0.217 e. The van der Waals surface area contributed by atoms with Gasteiger partial charge < -0.3 is 10.6 Å². The van der Waals surface area contributed by atoms with Crippen molar-refractivity contribution in [3.63, 3.8) is 0 Å². The van der Waals surface area contributed by atoms with Gasteiger partial charge in [-0.05, 0) is 13.3 Å². The molecule has 1 aliphatic rings. The van der Waals surface area contributed by atoms with E-state index < -0.39 is 0 Å². The number of quaternary nitrogens is 1. The normalized spacial score (nSPS) is 25.1. The first-order chi connectivity index (χ1) is 9.64. The number of carbonyl (C=O) groups is 1. The number of amides is 1. The Hall–Kier alpha value is -1.29. The summed E-state index contributed by atoms with van der Waals surface area (Å²) >= 11 is 0. The number of hydrogen-bond acceptors (Lipinski definition) is 2. The summed E-state index contributed by atoms with van der Waals surface area (Å²) in [5.74, 6) is 0.0476. The molecule has 114 valence electrons. The van der Waals surface area contributed by atoms with Gasteiger partial charge in [-0.2, -0.15) is 0 Å². The highest BCUT2D eigenvalue weighted by molar-refractivity contribution is 5.72. The number of allylic oxidation sites excluding steroid dienone is 1. The van der Waals surface area contributed by atoms with Gasteiger partial charge in [0, 0.05) is 13.3 Å². The molecule has 0 aromatic rings. The van der Waals surface area contributed by atoms with Crippen molar-refractivity contribution in [2.45, 2.75) is 52.6 Å². The Balaban J connectivity index is 2.47. The van der Waals surface area contributed by atoms with Crippen LogP contribution in [0, 0.1) is 0 Å². The predicted octanol–water partition coefficient (Wildman–Crippen LogP) is 2.50. The van der Waals surface area contributed by atoms with E-state index in [0.717, 1.165) is 30.5 Å². The molecule has 0 spiro atoms. The molecule has 1 heterocycles. The molecular weight excluding hydrogens is 250 g/mol. The predicted molar refractivity (Wildman–Crippen MR) is 83.7 cm³/mol. The molecule has 0 bridgehead atoms. The van der Waals surface area contributed by atoms with E-state index in [1.165, 1.54) is 19.3 Å². The Morgan fingerprint density at radius 2 is 2.20 bits per heavy atom. The monoisotopic (exact) mass is 280 g/mol. The lowest BCUT2D eigenvalue weighted by atomic mass is 10.2. The van der Waals surface area contributed by atoms with Crippen molar-refractivity contribution >= 4 is 5.91 Å². The van der Waals surface area contributed by atoms with Crippen molar-refractivity contribution in [1.82, 2.24) is 10.6 Å². The van der Waals surface area contributed by atoms with Gasteiger partial charge in [-0.3, -0.25) is 9.28 Å². The average molecular weight is 280 g/mol. The van der Waals surface area contributed by atoms with E-state index in [0.29, 0.717) is 6.17 Å². The van der Waals surface area contributed by atoms with E-state index in [2.05, 4.69) is 49.0 Å². The molecule has 0 aliphatic carbocycles. The van der Waals surface area contributed by atoms with Crippen molar-refractivity contribution in [1.29, 1.82) is 0 Å². The SMILES string of the molecule is CCCC/C=C/CC1NC=C[N+]1(CC)CCNC(C)=O. The van der Waals surface area contributed by atoms with E-state index >= 15 is 0 Å². The van der Waals surface area contributed by atoms with Crippen LogP contribution in [0.25, 0.3) is 0 Å². The summed E-state index contributed by atoms with van der Waals surface area (Å²) in [5, 5.41) is 6.36. The maximum atomic E-state index is 11.0. The molecule has 0 aromatic carbocycles. The third-order valence-electron chi connectivity index (χ3n) is 4.02. The van der Waals surface area contributed by atoms with Crippen LogP contribution in [-0.4, -0.2) is 36.2 Å². The molecule has 1 amide bonds. The number of nitrogens with one attached hydrogen (secondary N) is 2. The summed E-state index contributed by atoms with van der Waals surface area (Å²) < 4.78 is 0.901. The molecule has 1 rings (SSSR count). The van der Waals surface area contributed by atoms with Crippen LogP contribution < -0.4 is 10.6 Å². The second-order valence-electron chi connectivity index (χ2n) is 5.47. The van der Waals surface area contributed by atoms with Crippen LogP contribution in [0.3, 0.4) is 0 Å². The molecule has 2 unspecified atom stereocenters. The number of carbonyl (C=O) groups excluding carboxylic acids is 1. The highest BCUT2D eigenvalue weighted by Crippen LogP contribution is 2.20. The second kappa shape index (κ2) is 8.80. The fourth-order valence-corrected chi connectivity index (χ4v) is 2.65. The zero-order valence-electron chi connectivity index (χ0n) is 13.2. The first-order valence-corrected chi connectivity index (χ1v) is 7.84. The number of likely N-dealkylation sites (N-methyl/N-ethyl adjacent to an activating group) is 1. The zero-order valence-corrected chi connectivity index (χ0v) is 13.2. The minimum Gasteiger partial charge on any atom is -0.351 e. The van der Waals surface area contributed by atoms with E-state index in [-0.39, 0.29) is 5.91 Å². The first kappa shape index (κ1) is 16.8. The maximum absolute atomic E-state index is 11.0. The van der Waals surface area contributed by atoms with E-state index in [4.69, 9.17) is 0 Å². The van der Waals surface area contributed by atoms with Crippen molar-refractivity contribution in [2.24, 2.45) is 0 Å². The summed E-state index contributed by atoms with van der Waals surface area (Å²) in [5.41, 5.74) is 0. The number of rotatable bonds is 9. The van der Waals surface area contributed by atoms with Gasteiger partial charge in [0.2, 0.25) is 5.91 Å². The standard InChI is InChI=1S/C16H29N3O/c1-4-6-7-8-9-10-16-18-12-14-19(16,5-2)13-11-17-15(3)20/h8-9,12,14,16,18H,4-7,10-11,13H2,1-3H3/p+1/b9-8+. The minimum atomic E-state index is 0.0476. The van der Waals surface area contributed by atoms with Gasteiger partial charge in [-0.25, -0.2) is 0 Å². The lowest BCUT2D eigenvalue weighted by molar-refractivity contribution is -0.897. The molecule has 0 saturated heterocycles. The smallest absolute Gasteiger partial charge is 0.217 e. The third-order valence-corrected chi connectivity index (χ3v) is 4.02. The van der Waals surface area contributed by atoms with Gasteiger partial charge in [0.25, 0.3) is 0 Å². The van der Waals surface area contributed by atoms with Gasteiger partial charge >= 0.3 is 0 Å². The molecule has 1 aliphatic heterocycles. The molecule has 0 aromatic heterocycles. The van der Waals surface area contributed by atoms with Gasteiger partial charge in [-0.15, -0.1) is 0 Å². The largest absolute Gasteiger partial charge is 0.351 e. The number of hydrogen-bond donors (Lipinski definition) is 2. The topological polar surface area (TPSA) is 41.1 Å². The Bertz CT molecular complexity index is 352. The summed E-state index contributed by atoms with van der Waals surface area (Å²) in [6.45, 7) is 8.70. The van der Waals surface area contributed by atoms with Crippen LogP contribution in [0.4, 0.5) is 0 Å². The van der Waals surface area contributed by atoms with Crippen molar-refractivity contribution in [2.75, 3.05) is 19.6 Å². The lowest BCUT2D eigenvalue weighted by Crippen LogP contribution is -2.55. The highest BCUT2D eigenvalue weighted by Gasteiger charge is 2.35. The van der Waals surface area contributed by atoms with Crippen LogP contribution in [-0.2, 0) is 4.79 Å². The molecule has 4 heteroatoms. The van der Waals surface area contributed by atoms with Crippen LogP contribution in [0.1, 0.15) is 46.5 Å². The molecule has 4 nitrogen and oxygen atoms in total.